The Hall–Kier alpha value is -1.78. The summed E-state index contributed by atoms with van der Waals surface area (Å²) < 4.78 is 2.00. The van der Waals surface area contributed by atoms with Gasteiger partial charge >= 0.3 is 0 Å². The first-order chi connectivity index (χ1) is 9.28. The molecule has 0 bridgehead atoms. The highest BCUT2D eigenvalue weighted by Gasteiger charge is 2.22. The third kappa shape index (κ3) is 2.37. The summed E-state index contributed by atoms with van der Waals surface area (Å²) in [5.41, 5.74) is 0.892. The lowest BCUT2D eigenvalue weighted by atomic mass is 10.00. The van der Waals surface area contributed by atoms with Crippen molar-refractivity contribution < 1.29 is 0 Å². The maximum Gasteiger partial charge on any atom is 0.180 e. The minimum atomic E-state index is 0.447. The number of hydrogen-bond acceptors (Lipinski definition) is 4. The molecule has 3 rings (SSSR count). The second-order valence-corrected chi connectivity index (χ2v) is 5.36. The second-order valence-electron chi connectivity index (χ2n) is 5.36. The van der Waals surface area contributed by atoms with Gasteiger partial charge in [0, 0.05) is 25.5 Å². The maximum atomic E-state index is 4.60. The molecule has 0 amide bonds. The van der Waals surface area contributed by atoms with Crippen LogP contribution in [0.15, 0.2) is 18.6 Å². The number of anilines is 2. The summed E-state index contributed by atoms with van der Waals surface area (Å²) in [6, 6.07) is 0.447. The van der Waals surface area contributed by atoms with Crippen LogP contribution in [0.5, 0.6) is 0 Å². The standard InChI is InChI=1S/C14H21N5/c1-10(11-5-3-4-6-11)17-13-14-16-7-8-19(14)9-12(15-2)18-13/h7-11,15H,3-6H2,1-2H3,(H,17,18). The molecular weight excluding hydrogens is 238 g/mol. The first-order valence-electron chi connectivity index (χ1n) is 7.06. The van der Waals surface area contributed by atoms with Crippen molar-refractivity contribution in [2.24, 2.45) is 5.92 Å². The zero-order chi connectivity index (χ0) is 13.2. The van der Waals surface area contributed by atoms with E-state index in [-0.39, 0.29) is 0 Å². The van der Waals surface area contributed by atoms with Crippen LogP contribution in [-0.2, 0) is 0 Å². The molecule has 1 unspecified atom stereocenters. The highest BCUT2D eigenvalue weighted by Crippen LogP contribution is 2.29. The third-order valence-electron chi connectivity index (χ3n) is 4.10. The van der Waals surface area contributed by atoms with Gasteiger partial charge in [0.05, 0.1) is 6.20 Å². The first-order valence-corrected chi connectivity index (χ1v) is 7.06. The summed E-state index contributed by atoms with van der Waals surface area (Å²) in [6.45, 7) is 2.25. The minimum Gasteiger partial charge on any atom is -0.372 e. The summed E-state index contributed by atoms with van der Waals surface area (Å²) in [5, 5.41) is 6.65. The Labute approximate surface area is 113 Å². The Balaban J connectivity index is 1.88. The van der Waals surface area contributed by atoms with Gasteiger partial charge in [-0.25, -0.2) is 9.97 Å². The van der Waals surface area contributed by atoms with Gasteiger partial charge in [-0.15, -0.1) is 0 Å². The largest absolute Gasteiger partial charge is 0.372 e. The molecule has 2 N–H and O–H groups in total. The Morgan fingerprint density at radius 3 is 2.89 bits per heavy atom. The molecule has 1 saturated carbocycles. The van der Waals surface area contributed by atoms with Crippen LogP contribution in [0.1, 0.15) is 32.6 Å². The average Bonchev–Trinajstić information content (AvgIpc) is 3.09. The molecule has 0 radical (unpaired) electrons. The summed E-state index contributed by atoms with van der Waals surface area (Å²) in [5.74, 6) is 2.48. The smallest absolute Gasteiger partial charge is 0.180 e. The number of nitrogens with one attached hydrogen (secondary N) is 2. The molecule has 102 valence electrons. The van der Waals surface area contributed by atoms with E-state index in [4.69, 9.17) is 0 Å². The van der Waals surface area contributed by atoms with E-state index < -0.39 is 0 Å². The van der Waals surface area contributed by atoms with E-state index in [2.05, 4.69) is 27.5 Å². The SMILES string of the molecule is CNc1cn2ccnc2c(NC(C)C2CCCC2)n1. The number of rotatable bonds is 4. The Kier molecular flexibility index (Phi) is 3.27. The maximum absolute atomic E-state index is 4.60. The van der Waals surface area contributed by atoms with E-state index >= 15 is 0 Å². The van der Waals surface area contributed by atoms with Crippen molar-refractivity contribution in [3.8, 4) is 0 Å². The molecule has 0 saturated heterocycles. The van der Waals surface area contributed by atoms with E-state index in [0.29, 0.717) is 6.04 Å². The van der Waals surface area contributed by atoms with Crippen LogP contribution in [0.25, 0.3) is 5.65 Å². The van der Waals surface area contributed by atoms with Gasteiger partial charge < -0.3 is 15.0 Å². The molecule has 0 aliphatic heterocycles. The zero-order valence-electron chi connectivity index (χ0n) is 11.6. The quantitative estimate of drug-likeness (QED) is 0.886. The molecule has 5 nitrogen and oxygen atoms in total. The Morgan fingerprint density at radius 2 is 2.16 bits per heavy atom. The van der Waals surface area contributed by atoms with Crippen LogP contribution in [0.2, 0.25) is 0 Å². The Morgan fingerprint density at radius 1 is 1.37 bits per heavy atom. The molecule has 1 aliphatic carbocycles. The van der Waals surface area contributed by atoms with Crippen molar-refractivity contribution in [1.29, 1.82) is 0 Å². The zero-order valence-corrected chi connectivity index (χ0v) is 11.6. The van der Waals surface area contributed by atoms with Crippen LogP contribution < -0.4 is 10.6 Å². The second kappa shape index (κ2) is 5.07. The molecular formula is C14H21N5. The monoisotopic (exact) mass is 259 g/mol. The van der Waals surface area contributed by atoms with Gasteiger partial charge in [-0.1, -0.05) is 12.8 Å². The molecule has 0 aromatic carbocycles. The third-order valence-corrected chi connectivity index (χ3v) is 4.10. The highest BCUT2D eigenvalue weighted by atomic mass is 15.1. The molecule has 5 heteroatoms. The van der Waals surface area contributed by atoms with Gasteiger partial charge in [0.25, 0.3) is 0 Å². The fraction of sp³-hybridized carbons (Fsp3) is 0.571. The van der Waals surface area contributed by atoms with Crippen LogP contribution >= 0.6 is 0 Å². The molecule has 1 fully saturated rings. The van der Waals surface area contributed by atoms with Crippen molar-refractivity contribution in [2.75, 3.05) is 17.7 Å². The topological polar surface area (TPSA) is 54.2 Å². The fourth-order valence-electron chi connectivity index (χ4n) is 2.94. The summed E-state index contributed by atoms with van der Waals surface area (Å²) in [7, 11) is 1.88. The van der Waals surface area contributed by atoms with Crippen LogP contribution in [-0.4, -0.2) is 27.5 Å². The van der Waals surface area contributed by atoms with Crippen molar-refractivity contribution >= 4 is 17.3 Å². The summed E-state index contributed by atoms with van der Waals surface area (Å²) >= 11 is 0. The molecule has 1 atom stereocenters. The lowest BCUT2D eigenvalue weighted by Gasteiger charge is -2.21. The highest BCUT2D eigenvalue weighted by molar-refractivity contribution is 5.65. The normalized spacial score (nSPS) is 17.8. The predicted octanol–water partition coefficient (Wildman–Crippen LogP) is 2.76. The number of imidazole rings is 1. The van der Waals surface area contributed by atoms with E-state index in [1.807, 2.05) is 30.0 Å². The first kappa shape index (κ1) is 12.3. The lowest BCUT2D eigenvalue weighted by molar-refractivity contribution is 0.481. The van der Waals surface area contributed by atoms with Crippen LogP contribution in [0.3, 0.4) is 0 Å². The van der Waals surface area contributed by atoms with Gasteiger partial charge in [0.15, 0.2) is 11.5 Å². The number of fused-ring (bicyclic) bond motifs is 1. The number of hydrogen-bond donors (Lipinski definition) is 2. The molecule has 1 aliphatic rings. The van der Waals surface area contributed by atoms with Crippen molar-refractivity contribution in [1.82, 2.24) is 14.4 Å². The van der Waals surface area contributed by atoms with Crippen LogP contribution in [0.4, 0.5) is 11.6 Å². The average molecular weight is 259 g/mol. The molecule has 19 heavy (non-hydrogen) atoms. The van der Waals surface area contributed by atoms with Crippen LogP contribution in [0, 0.1) is 5.92 Å². The van der Waals surface area contributed by atoms with Crippen molar-refractivity contribution in [2.45, 2.75) is 38.6 Å². The molecule has 2 heterocycles. The molecule has 2 aromatic rings. The van der Waals surface area contributed by atoms with E-state index in [1.54, 1.807) is 0 Å². The Bertz CT molecular complexity index is 556. The van der Waals surface area contributed by atoms with Gasteiger partial charge in [-0.05, 0) is 25.7 Å². The van der Waals surface area contributed by atoms with Gasteiger partial charge in [-0.3, -0.25) is 0 Å². The fourth-order valence-corrected chi connectivity index (χ4v) is 2.94. The number of aromatic nitrogens is 3. The lowest BCUT2D eigenvalue weighted by Crippen LogP contribution is -2.25. The summed E-state index contributed by atoms with van der Waals surface area (Å²) in [4.78, 5) is 8.98. The van der Waals surface area contributed by atoms with Crippen molar-refractivity contribution in [3.05, 3.63) is 18.6 Å². The van der Waals surface area contributed by atoms with Gasteiger partial charge in [-0.2, -0.15) is 0 Å². The molecule has 0 spiro atoms. The number of nitrogens with zero attached hydrogens (tertiary/aromatic N) is 3. The van der Waals surface area contributed by atoms with E-state index in [9.17, 15) is 0 Å². The minimum absolute atomic E-state index is 0.447. The van der Waals surface area contributed by atoms with E-state index in [0.717, 1.165) is 23.2 Å². The molecule has 2 aromatic heterocycles. The van der Waals surface area contributed by atoms with Gasteiger partial charge in [0.2, 0.25) is 0 Å². The van der Waals surface area contributed by atoms with Crippen molar-refractivity contribution in [3.63, 3.8) is 0 Å². The van der Waals surface area contributed by atoms with E-state index in [1.165, 1.54) is 25.7 Å². The predicted molar refractivity (Wildman–Crippen MR) is 77.6 cm³/mol. The van der Waals surface area contributed by atoms with Gasteiger partial charge in [0.1, 0.15) is 5.82 Å². The summed E-state index contributed by atoms with van der Waals surface area (Å²) in [6.07, 6.45) is 11.1.